The van der Waals surface area contributed by atoms with Crippen molar-refractivity contribution in [3.8, 4) is 11.3 Å². The van der Waals surface area contributed by atoms with Crippen molar-refractivity contribution in [2.24, 2.45) is 10.1 Å². The first kappa shape index (κ1) is 18.0. The van der Waals surface area contributed by atoms with Gasteiger partial charge >= 0.3 is 0 Å². The van der Waals surface area contributed by atoms with Gasteiger partial charge in [0.05, 0.1) is 16.4 Å². The van der Waals surface area contributed by atoms with Crippen molar-refractivity contribution in [3.05, 3.63) is 68.3 Å². The highest BCUT2D eigenvalue weighted by molar-refractivity contribution is 7.07. The average molecular weight is 417 g/mol. The number of hydrogen-bond acceptors (Lipinski definition) is 4. The zero-order valence-corrected chi connectivity index (χ0v) is 16.8. The molecule has 2 aromatic carbocycles. The van der Waals surface area contributed by atoms with Gasteiger partial charge in [-0.15, -0.1) is 11.3 Å². The number of benzene rings is 2. The van der Waals surface area contributed by atoms with Gasteiger partial charge in [-0.25, -0.2) is 4.68 Å². The first-order chi connectivity index (χ1) is 13.0. The first-order valence-electron chi connectivity index (χ1n) is 8.06. The van der Waals surface area contributed by atoms with Gasteiger partial charge in [-0.05, 0) is 24.3 Å². The minimum Gasteiger partial charge on any atom is -0.309 e. The van der Waals surface area contributed by atoms with Gasteiger partial charge in [0, 0.05) is 35.6 Å². The molecule has 0 fully saturated rings. The van der Waals surface area contributed by atoms with Crippen molar-refractivity contribution in [2.45, 2.75) is 0 Å². The van der Waals surface area contributed by atoms with E-state index in [9.17, 15) is 4.79 Å². The lowest BCUT2D eigenvalue weighted by Gasteiger charge is -2.08. The smallest absolute Gasteiger partial charge is 0.279 e. The van der Waals surface area contributed by atoms with Gasteiger partial charge in [-0.1, -0.05) is 41.4 Å². The van der Waals surface area contributed by atoms with E-state index in [1.54, 1.807) is 41.9 Å². The highest BCUT2D eigenvalue weighted by Crippen LogP contribution is 2.32. The maximum Gasteiger partial charge on any atom is 0.279 e. The number of para-hydroxylation sites is 1. The van der Waals surface area contributed by atoms with Gasteiger partial charge in [0.2, 0.25) is 4.80 Å². The SMILES string of the molecule is CN=c1scc(-c2cc(Cl)ccc2Cl)n1N=C1C(=O)N(C)c2ccccc21. The van der Waals surface area contributed by atoms with E-state index in [2.05, 4.69) is 10.1 Å². The number of hydrogen-bond donors (Lipinski definition) is 0. The molecule has 0 N–H and O–H groups in total. The van der Waals surface area contributed by atoms with E-state index in [4.69, 9.17) is 23.2 Å². The molecule has 8 heteroatoms. The van der Waals surface area contributed by atoms with Gasteiger partial charge < -0.3 is 4.90 Å². The molecule has 0 atom stereocenters. The minimum atomic E-state index is -0.167. The van der Waals surface area contributed by atoms with Crippen LogP contribution in [-0.4, -0.2) is 30.4 Å². The Bertz CT molecular complexity index is 1160. The van der Waals surface area contributed by atoms with Gasteiger partial charge in [0.15, 0.2) is 5.71 Å². The Hall–Kier alpha value is -2.41. The Morgan fingerprint density at radius 2 is 1.85 bits per heavy atom. The standard InChI is InChI=1S/C19H14Cl2N4OS/c1-22-19-25(16(10-27-19)13-9-11(20)7-8-14(13)21)23-17-12-5-3-4-6-15(12)24(2)18(17)26/h3-10H,1-2H3. The summed E-state index contributed by atoms with van der Waals surface area (Å²) >= 11 is 14.0. The Kier molecular flexibility index (Phi) is 4.63. The fourth-order valence-electron chi connectivity index (χ4n) is 2.97. The summed E-state index contributed by atoms with van der Waals surface area (Å²) < 4.78 is 1.64. The maximum atomic E-state index is 12.8. The number of nitrogens with zero attached hydrogens (tertiary/aromatic N) is 4. The van der Waals surface area contributed by atoms with E-state index < -0.39 is 0 Å². The highest BCUT2D eigenvalue weighted by atomic mass is 35.5. The number of aromatic nitrogens is 1. The monoisotopic (exact) mass is 416 g/mol. The van der Waals surface area contributed by atoms with Crippen LogP contribution in [0.2, 0.25) is 10.0 Å². The molecule has 1 amide bonds. The van der Waals surface area contributed by atoms with E-state index in [1.807, 2.05) is 29.6 Å². The molecule has 1 aliphatic rings. The summed E-state index contributed by atoms with van der Waals surface area (Å²) in [4.78, 5) is 19.3. The van der Waals surface area contributed by atoms with Gasteiger partial charge in [-0.2, -0.15) is 5.10 Å². The van der Waals surface area contributed by atoms with E-state index in [0.717, 1.165) is 22.5 Å². The second-order valence-corrected chi connectivity index (χ2v) is 7.57. The number of rotatable bonds is 2. The molecule has 2 heterocycles. The molecule has 0 unspecified atom stereocenters. The van der Waals surface area contributed by atoms with Crippen LogP contribution in [-0.2, 0) is 4.79 Å². The van der Waals surface area contributed by atoms with Crippen molar-refractivity contribution in [2.75, 3.05) is 19.0 Å². The largest absolute Gasteiger partial charge is 0.309 e. The lowest BCUT2D eigenvalue weighted by atomic mass is 10.1. The molecular weight excluding hydrogens is 403 g/mol. The van der Waals surface area contributed by atoms with Crippen LogP contribution in [0, 0.1) is 0 Å². The van der Waals surface area contributed by atoms with Crippen LogP contribution in [0.4, 0.5) is 5.69 Å². The summed E-state index contributed by atoms with van der Waals surface area (Å²) in [5.41, 5.74) is 3.43. The lowest BCUT2D eigenvalue weighted by Crippen LogP contribution is -2.27. The molecule has 0 saturated heterocycles. The molecular formula is C19H14Cl2N4OS. The van der Waals surface area contributed by atoms with Crippen LogP contribution in [0.25, 0.3) is 11.3 Å². The van der Waals surface area contributed by atoms with Crippen molar-refractivity contribution in [1.82, 2.24) is 4.68 Å². The molecule has 5 nitrogen and oxygen atoms in total. The third-order valence-electron chi connectivity index (χ3n) is 4.31. The molecule has 0 radical (unpaired) electrons. The topological polar surface area (TPSA) is 50.0 Å². The summed E-state index contributed by atoms with van der Waals surface area (Å²) in [6.07, 6.45) is 0. The third kappa shape index (κ3) is 3.00. The number of amides is 1. The second-order valence-electron chi connectivity index (χ2n) is 5.89. The van der Waals surface area contributed by atoms with E-state index in [-0.39, 0.29) is 5.91 Å². The van der Waals surface area contributed by atoms with Crippen molar-refractivity contribution < 1.29 is 4.79 Å². The van der Waals surface area contributed by atoms with Crippen LogP contribution < -0.4 is 9.70 Å². The number of thiazole rings is 1. The Labute approximate surface area is 169 Å². The Balaban J connectivity index is 1.96. The van der Waals surface area contributed by atoms with Crippen molar-refractivity contribution in [3.63, 3.8) is 0 Å². The van der Waals surface area contributed by atoms with E-state index in [1.165, 1.54) is 11.3 Å². The van der Waals surface area contributed by atoms with Gasteiger partial charge in [0.25, 0.3) is 5.91 Å². The molecule has 0 spiro atoms. The molecule has 0 aliphatic carbocycles. The quantitative estimate of drug-likeness (QED) is 0.614. The molecule has 1 aliphatic heterocycles. The van der Waals surface area contributed by atoms with Crippen LogP contribution in [0.15, 0.2) is 57.9 Å². The van der Waals surface area contributed by atoms with E-state index >= 15 is 0 Å². The summed E-state index contributed by atoms with van der Waals surface area (Å²) in [7, 11) is 3.42. The molecule has 3 aromatic rings. The Morgan fingerprint density at radius 3 is 2.63 bits per heavy atom. The number of likely N-dealkylation sites (N-methyl/N-ethyl adjacent to an activating group) is 1. The zero-order chi connectivity index (χ0) is 19.1. The summed E-state index contributed by atoms with van der Waals surface area (Å²) in [5, 5.41) is 7.68. The van der Waals surface area contributed by atoms with Gasteiger partial charge in [-0.3, -0.25) is 9.79 Å². The van der Waals surface area contributed by atoms with Crippen molar-refractivity contribution in [1.29, 1.82) is 0 Å². The summed E-state index contributed by atoms with van der Waals surface area (Å²) in [6.45, 7) is 0. The van der Waals surface area contributed by atoms with Gasteiger partial charge in [0.1, 0.15) is 0 Å². The van der Waals surface area contributed by atoms with Crippen molar-refractivity contribution >= 4 is 51.8 Å². The highest BCUT2D eigenvalue weighted by Gasteiger charge is 2.31. The second kappa shape index (κ2) is 6.96. The number of anilines is 1. The fourth-order valence-corrected chi connectivity index (χ4v) is 4.15. The predicted octanol–water partition coefficient (Wildman–Crippen LogP) is 4.28. The number of carbonyl (C=O) groups is 1. The number of carbonyl (C=O) groups excluding carboxylic acids is 1. The van der Waals surface area contributed by atoms with E-state index in [0.29, 0.717) is 20.6 Å². The number of halogens is 2. The summed E-state index contributed by atoms with van der Waals surface area (Å²) in [6, 6.07) is 12.8. The van der Waals surface area contributed by atoms with Crippen LogP contribution >= 0.6 is 34.5 Å². The molecule has 0 bridgehead atoms. The Morgan fingerprint density at radius 1 is 1.07 bits per heavy atom. The molecule has 27 heavy (non-hydrogen) atoms. The average Bonchev–Trinajstić information content (AvgIpc) is 3.18. The molecule has 4 rings (SSSR count). The first-order valence-corrected chi connectivity index (χ1v) is 9.70. The van der Waals surface area contributed by atoms with Crippen LogP contribution in [0.3, 0.4) is 0 Å². The molecule has 1 aromatic heterocycles. The molecule has 136 valence electrons. The predicted molar refractivity (Wildman–Crippen MR) is 111 cm³/mol. The summed E-state index contributed by atoms with van der Waals surface area (Å²) in [5.74, 6) is -0.167. The normalized spacial score (nSPS) is 15.7. The van der Waals surface area contributed by atoms with Crippen LogP contribution in [0.5, 0.6) is 0 Å². The third-order valence-corrected chi connectivity index (χ3v) is 5.78. The zero-order valence-electron chi connectivity index (χ0n) is 14.5. The number of fused-ring (bicyclic) bond motifs is 1. The molecule has 0 saturated carbocycles. The maximum absolute atomic E-state index is 12.8. The lowest BCUT2D eigenvalue weighted by molar-refractivity contribution is -0.112. The van der Waals surface area contributed by atoms with Crippen LogP contribution in [0.1, 0.15) is 5.56 Å². The minimum absolute atomic E-state index is 0.167. The fraction of sp³-hybridized carbons (Fsp3) is 0.105.